The van der Waals surface area contributed by atoms with Crippen molar-refractivity contribution in [3.05, 3.63) is 41.5 Å². The third-order valence-corrected chi connectivity index (χ3v) is 11.2. The van der Waals surface area contributed by atoms with Crippen LogP contribution in [0.3, 0.4) is 0 Å². The van der Waals surface area contributed by atoms with Crippen LogP contribution in [-0.4, -0.2) is 57.8 Å². The van der Waals surface area contributed by atoms with Crippen LogP contribution in [0.1, 0.15) is 76.2 Å². The van der Waals surface area contributed by atoms with Gasteiger partial charge in [-0.05, 0) is 85.5 Å². The molecule has 6 rings (SSSR count). The Morgan fingerprint density at radius 3 is 2.59 bits per heavy atom. The number of carboxylic acid groups (broad SMARTS) is 1. The zero-order valence-corrected chi connectivity index (χ0v) is 23.3. The number of phenols is 1. The lowest BCUT2D eigenvalue weighted by molar-refractivity contribution is -0.163. The number of Topliss-reactive ketones (excluding diaryl/α,β-unsaturated/α-hetero) is 1. The molecule has 41 heavy (non-hydrogen) atoms. The fraction of sp³-hybridized carbons (Fsp3) is 0.625. The zero-order chi connectivity index (χ0) is 29.1. The molecule has 4 aliphatic carbocycles. The van der Waals surface area contributed by atoms with E-state index in [1.54, 1.807) is 12.1 Å². The maximum absolute atomic E-state index is 13.6. The van der Waals surface area contributed by atoms with Crippen molar-refractivity contribution in [1.82, 2.24) is 0 Å². The molecule has 0 amide bonds. The van der Waals surface area contributed by atoms with Crippen LogP contribution in [-0.2, 0) is 28.7 Å². The van der Waals surface area contributed by atoms with Gasteiger partial charge in [0.1, 0.15) is 12.4 Å². The van der Waals surface area contributed by atoms with Gasteiger partial charge in [0.15, 0.2) is 17.9 Å². The molecule has 5 aliphatic rings. The number of benzene rings is 1. The molecule has 3 unspecified atom stereocenters. The van der Waals surface area contributed by atoms with Crippen molar-refractivity contribution in [2.24, 2.45) is 34.5 Å². The third kappa shape index (κ3) is 4.61. The summed E-state index contributed by atoms with van der Waals surface area (Å²) in [6.07, 6.45) is 5.16. The van der Waals surface area contributed by atoms with E-state index in [-0.39, 0.29) is 53.5 Å². The Bertz CT molecular complexity index is 1280. The number of ketones is 2. The Morgan fingerprint density at radius 2 is 1.85 bits per heavy atom. The number of hydrogen-bond donors (Lipinski definition) is 3. The standard InChI is InChI=1S/C32H38O9/c1-31-11-10-21(34)14-19(31)4-7-22-23-8-9-24(32(23)15-26(29(22)31)41-30(32)39)25(35)16-40-28(38)13-18(12-27(36)37)17-2-5-20(33)6-3-17/h2-3,5-6,14,18,22-24,26,29-30,33,39H,4,7-13,15-16H2,1H3,(H,36,37)/t18?,22-,23-,24+,26?,29+,30?,31-,32+/m0/s1. The highest BCUT2D eigenvalue weighted by atomic mass is 16.6. The molecule has 9 nitrogen and oxygen atoms in total. The first kappa shape index (κ1) is 28.1. The normalized spacial score (nSPS) is 37.8. The molecule has 3 saturated carbocycles. The number of allylic oxidation sites excluding steroid dienone is 1. The minimum Gasteiger partial charge on any atom is -0.508 e. The lowest BCUT2D eigenvalue weighted by atomic mass is 9.46. The average Bonchev–Trinajstić information content (AvgIpc) is 3.45. The first-order valence-electron chi connectivity index (χ1n) is 14.8. The van der Waals surface area contributed by atoms with Crippen molar-refractivity contribution in [2.45, 2.75) is 83.0 Å². The molecule has 4 fully saturated rings. The number of aliphatic hydroxyl groups is 1. The van der Waals surface area contributed by atoms with Gasteiger partial charge < -0.3 is 24.8 Å². The van der Waals surface area contributed by atoms with Crippen molar-refractivity contribution in [1.29, 1.82) is 0 Å². The largest absolute Gasteiger partial charge is 0.508 e. The number of hydrogen-bond acceptors (Lipinski definition) is 8. The molecule has 0 radical (unpaired) electrons. The number of fused-ring (bicyclic) bond motifs is 6. The van der Waals surface area contributed by atoms with Gasteiger partial charge in [0.05, 0.1) is 18.9 Å². The van der Waals surface area contributed by atoms with E-state index >= 15 is 0 Å². The summed E-state index contributed by atoms with van der Waals surface area (Å²) in [5, 5.41) is 30.2. The number of carbonyl (C=O) groups is 4. The van der Waals surface area contributed by atoms with E-state index in [1.165, 1.54) is 17.7 Å². The molecule has 1 aromatic carbocycles. The monoisotopic (exact) mass is 566 g/mol. The van der Waals surface area contributed by atoms with Gasteiger partial charge in [-0.3, -0.25) is 19.2 Å². The van der Waals surface area contributed by atoms with Gasteiger partial charge in [0.25, 0.3) is 0 Å². The summed E-state index contributed by atoms with van der Waals surface area (Å²) in [5.41, 5.74) is 0.953. The van der Waals surface area contributed by atoms with E-state index in [9.17, 15) is 34.5 Å². The zero-order valence-electron chi connectivity index (χ0n) is 23.3. The number of esters is 1. The number of aliphatic carboxylic acids is 1. The van der Waals surface area contributed by atoms with Crippen LogP contribution in [0.2, 0.25) is 0 Å². The number of aromatic hydroxyl groups is 1. The molecule has 2 bridgehead atoms. The molecule has 1 aliphatic heterocycles. The van der Waals surface area contributed by atoms with E-state index in [1.807, 2.05) is 6.08 Å². The van der Waals surface area contributed by atoms with Crippen LogP contribution >= 0.6 is 0 Å². The molecule has 1 heterocycles. The van der Waals surface area contributed by atoms with E-state index in [4.69, 9.17) is 9.47 Å². The number of carbonyl (C=O) groups excluding carboxylic acids is 3. The van der Waals surface area contributed by atoms with Crippen molar-refractivity contribution >= 4 is 23.5 Å². The topological polar surface area (TPSA) is 147 Å². The van der Waals surface area contributed by atoms with Crippen LogP contribution < -0.4 is 0 Å². The second-order valence-corrected chi connectivity index (χ2v) is 13.1. The molecule has 9 atom stereocenters. The lowest BCUT2D eigenvalue weighted by Gasteiger charge is -2.57. The second kappa shape index (κ2) is 10.3. The number of phenolic OH excluding ortho intramolecular Hbond substituents is 1. The summed E-state index contributed by atoms with van der Waals surface area (Å²) in [7, 11) is 0. The summed E-state index contributed by atoms with van der Waals surface area (Å²) < 4.78 is 11.7. The van der Waals surface area contributed by atoms with Gasteiger partial charge in [-0.25, -0.2) is 0 Å². The van der Waals surface area contributed by atoms with E-state index in [0.29, 0.717) is 30.7 Å². The predicted octanol–water partition coefficient (Wildman–Crippen LogP) is 3.91. The number of aliphatic hydroxyl groups excluding tert-OH is 1. The van der Waals surface area contributed by atoms with Crippen molar-refractivity contribution in [2.75, 3.05) is 6.61 Å². The van der Waals surface area contributed by atoms with E-state index in [0.717, 1.165) is 25.7 Å². The van der Waals surface area contributed by atoms with Crippen LogP contribution in [0.15, 0.2) is 35.9 Å². The Labute approximate surface area is 238 Å². The molecule has 1 saturated heterocycles. The highest BCUT2D eigenvalue weighted by Crippen LogP contribution is 2.71. The molecule has 0 aromatic heterocycles. The summed E-state index contributed by atoms with van der Waals surface area (Å²) >= 11 is 0. The van der Waals surface area contributed by atoms with Gasteiger partial charge in [-0.1, -0.05) is 24.6 Å². The summed E-state index contributed by atoms with van der Waals surface area (Å²) in [6.45, 7) is 1.82. The Morgan fingerprint density at radius 1 is 1.10 bits per heavy atom. The third-order valence-electron chi connectivity index (χ3n) is 11.2. The Kier molecular flexibility index (Phi) is 7.09. The van der Waals surface area contributed by atoms with Crippen LogP contribution in [0.4, 0.5) is 0 Å². The van der Waals surface area contributed by atoms with Crippen LogP contribution in [0.5, 0.6) is 5.75 Å². The Hall–Kier alpha value is -3.04. The number of ether oxygens (including phenoxy) is 2. The van der Waals surface area contributed by atoms with Gasteiger partial charge in [-0.2, -0.15) is 0 Å². The molecule has 1 spiro atoms. The van der Waals surface area contributed by atoms with Crippen molar-refractivity contribution < 1.29 is 44.0 Å². The molecule has 220 valence electrons. The first-order valence-corrected chi connectivity index (χ1v) is 14.8. The molecule has 3 N–H and O–H groups in total. The number of rotatable bonds is 8. The van der Waals surface area contributed by atoms with Gasteiger partial charge in [-0.15, -0.1) is 0 Å². The van der Waals surface area contributed by atoms with Gasteiger partial charge >= 0.3 is 11.9 Å². The van der Waals surface area contributed by atoms with Gasteiger partial charge in [0.2, 0.25) is 0 Å². The first-order chi connectivity index (χ1) is 19.5. The summed E-state index contributed by atoms with van der Waals surface area (Å²) in [6, 6.07) is 6.01. The smallest absolute Gasteiger partial charge is 0.306 e. The maximum atomic E-state index is 13.6. The Balaban J connectivity index is 1.15. The van der Waals surface area contributed by atoms with Crippen molar-refractivity contribution in [3.63, 3.8) is 0 Å². The maximum Gasteiger partial charge on any atom is 0.306 e. The minimum absolute atomic E-state index is 0.0349. The molecular formula is C32H38O9. The average molecular weight is 567 g/mol. The van der Waals surface area contributed by atoms with Crippen molar-refractivity contribution in [3.8, 4) is 5.75 Å². The molecule has 1 aromatic rings. The lowest BCUT2D eigenvalue weighted by Crippen LogP contribution is -2.55. The SMILES string of the molecule is C[C@]12CCC(=O)C=C1CC[C@H]1[C@@H]3CC[C@H](C(=O)COC(=O)CC(CC(=O)O)c4ccc(O)cc4)[C@@]34CC(OC4O)[C@@H]12. The number of carboxylic acids is 1. The quantitative estimate of drug-likeness (QED) is 0.399. The van der Waals surface area contributed by atoms with Crippen LogP contribution in [0, 0.1) is 34.5 Å². The fourth-order valence-electron chi connectivity index (χ4n) is 9.47. The van der Waals surface area contributed by atoms with Crippen LogP contribution in [0.25, 0.3) is 0 Å². The fourth-order valence-corrected chi connectivity index (χ4v) is 9.47. The molecule has 9 heteroatoms. The predicted molar refractivity (Wildman–Crippen MR) is 144 cm³/mol. The highest BCUT2D eigenvalue weighted by Gasteiger charge is 2.71. The van der Waals surface area contributed by atoms with Gasteiger partial charge in [0, 0.05) is 23.7 Å². The highest BCUT2D eigenvalue weighted by molar-refractivity contribution is 5.91. The second-order valence-electron chi connectivity index (χ2n) is 13.1. The molecular weight excluding hydrogens is 528 g/mol. The van der Waals surface area contributed by atoms with E-state index < -0.39 is 42.1 Å². The summed E-state index contributed by atoms with van der Waals surface area (Å²) in [5.74, 6) is -2.27. The summed E-state index contributed by atoms with van der Waals surface area (Å²) in [4.78, 5) is 49.9. The minimum atomic E-state index is -1.07. The van der Waals surface area contributed by atoms with E-state index in [2.05, 4.69) is 6.92 Å².